The van der Waals surface area contributed by atoms with E-state index < -0.39 is 37.1 Å². The number of rotatable bonds is 6. The van der Waals surface area contributed by atoms with Gasteiger partial charge in [-0.3, -0.25) is 0 Å². The summed E-state index contributed by atoms with van der Waals surface area (Å²) in [5, 5.41) is 43.8. The van der Waals surface area contributed by atoms with Crippen LogP contribution in [0, 0.1) is 0 Å². The van der Waals surface area contributed by atoms with Gasteiger partial charge in [-0.1, -0.05) is 12.1 Å². The number of hydrogen-bond donors (Lipinski definition) is 5. The van der Waals surface area contributed by atoms with E-state index in [9.17, 15) is 20.4 Å². The van der Waals surface area contributed by atoms with Crippen LogP contribution in [0.3, 0.4) is 0 Å². The van der Waals surface area contributed by atoms with Crippen molar-refractivity contribution >= 4 is 5.69 Å². The van der Waals surface area contributed by atoms with Gasteiger partial charge in [0.15, 0.2) is 12.7 Å². The molecule has 1 fully saturated rings. The molecule has 2 aliphatic rings. The Hall–Kier alpha value is -3.15. The zero-order valence-corrected chi connectivity index (χ0v) is 18.2. The fourth-order valence-corrected chi connectivity index (χ4v) is 4.27. The predicted octanol–water partition coefficient (Wildman–Crippen LogP) is 1.38. The second kappa shape index (κ2) is 9.61. The maximum atomic E-state index is 10.6. The fraction of sp³-hybridized carbons (Fsp3) is 0.375. The number of anilines is 1. The lowest BCUT2D eigenvalue weighted by Gasteiger charge is -2.40. The first kappa shape index (κ1) is 22.6. The van der Waals surface area contributed by atoms with E-state index in [1.807, 2.05) is 24.3 Å². The van der Waals surface area contributed by atoms with Crippen LogP contribution in [0.15, 0.2) is 53.5 Å². The van der Waals surface area contributed by atoms with E-state index in [-0.39, 0.29) is 0 Å². The molecule has 0 aliphatic carbocycles. The van der Waals surface area contributed by atoms with E-state index in [2.05, 4.69) is 10.3 Å². The van der Waals surface area contributed by atoms with Crippen molar-refractivity contribution in [2.24, 2.45) is 0 Å². The van der Waals surface area contributed by atoms with Crippen LogP contribution in [0.4, 0.5) is 5.69 Å². The molecule has 10 heteroatoms. The van der Waals surface area contributed by atoms with Crippen molar-refractivity contribution in [3.05, 3.63) is 65.7 Å². The number of nitrogens with zero attached hydrogens (tertiary/aromatic N) is 1. The van der Waals surface area contributed by atoms with E-state index in [0.29, 0.717) is 30.2 Å². The Morgan fingerprint density at radius 1 is 1.06 bits per heavy atom. The summed E-state index contributed by atoms with van der Waals surface area (Å²) in [6, 6.07) is 11.1. The molecule has 5 N–H and O–H groups in total. The van der Waals surface area contributed by atoms with Crippen LogP contribution < -0.4 is 14.8 Å². The molecule has 5 atom stereocenters. The third-order valence-corrected chi connectivity index (χ3v) is 6.04. The van der Waals surface area contributed by atoms with Crippen LogP contribution in [0.1, 0.15) is 22.8 Å². The molecule has 0 amide bonds. The summed E-state index contributed by atoms with van der Waals surface area (Å²) in [6.07, 6.45) is -3.07. The summed E-state index contributed by atoms with van der Waals surface area (Å²) in [5.74, 6) is 1.62. The SMILES string of the molecule is OC[C@@H]1O[C@@H](c2ccc(Oc3cocn3)c(Cc3ccc4c(c3)NCCO4)c2)[C@@H](O)[C@H](O)[C@@H]1O. The van der Waals surface area contributed by atoms with Gasteiger partial charge < -0.3 is 44.4 Å². The zero-order chi connectivity index (χ0) is 23.7. The van der Waals surface area contributed by atoms with Gasteiger partial charge >= 0.3 is 0 Å². The van der Waals surface area contributed by atoms with Crippen LogP contribution in [0.25, 0.3) is 0 Å². The van der Waals surface area contributed by atoms with Crippen LogP contribution >= 0.6 is 0 Å². The van der Waals surface area contributed by atoms with Crippen molar-refractivity contribution in [3.63, 3.8) is 0 Å². The molecule has 0 unspecified atom stereocenters. The average molecular weight is 470 g/mol. The van der Waals surface area contributed by atoms with E-state index >= 15 is 0 Å². The first-order chi connectivity index (χ1) is 16.5. The lowest BCUT2D eigenvalue weighted by atomic mass is 9.90. The third kappa shape index (κ3) is 4.46. The number of fused-ring (bicyclic) bond motifs is 1. The monoisotopic (exact) mass is 470 g/mol. The highest BCUT2D eigenvalue weighted by Crippen LogP contribution is 2.37. The largest absolute Gasteiger partial charge is 0.490 e. The summed E-state index contributed by atoms with van der Waals surface area (Å²) in [6.45, 7) is 0.846. The molecule has 2 aromatic carbocycles. The molecular weight excluding hydrogens is 444 g/mol. The van der Waals surface area contributed by atoms with Crippen molar-refractivity contribution in [1.29, 1.82) is 0 Å². The summed E-state index contributed by atoms with van der Waals surface area (Å²) < 4.78 is 22.3. The summed E-state index contributed by atoms with van der Waals surface area (Å²) in [7, 11) is 0. The first-order valence-electron chi connectivity index (χ1n) is 11.0. The smallest absolute Gasteiger partial charge is 0.258 e. The van der Waals surface area contributed by atoms with E-state index in [0.717, 1.165) is 29.1 Å². The first-order valence-corrected chi connectivity index (χ1v) is 11.0. The number of ether oxygens (including phenoxy) is 3. The van der Waals surface area contributed by atoms with Gasteiger partial charge in [-0.05, 0) is 41.0 Å². The summed E-state index contributed by atoms with van der Waals surface area (Å²) in [4.78, 5) is 4.01. The Kier molecular flexibility index (Phi) is 6.40. The van der Waals surface area contributed by atoms with E-state index in [1.54, 1.807) is 12.1 Å². The standard InChI is InChI=1S/C24H26N2O8/c27-10-19-21(28)22(29)23(30)24(34-19)14-2-4-17(33-20-11-31-12-26-20)15(9-14)7-13-1-3-18-16(8-13)25-5-6-32-18/h1-4,8-9,11-12,19,21-25,27-30H,5-7,10H2/t19-,21+,22+,23-,24-/m0/s1. The van der Waals surface area contributed by atoms with Crippen molar-refractivity contribution in [3.8, 4) is 17.4 Å². The molecule has 1 saturated heterocycles. The molecule has 3 aromatic rings. The Bertz CT molecular complexity index is 1120. The van der Waals surface area contributed by atoms with Gasteiger partial charge in [-0.2, -0.15) is 4.98 Å². The van der Waals surface area contributed by atoms with Crippen LogP contribution in [-0.2, 0) is 11.2 Å². The van der Waals surface area contributed by atoms with Crippen molar-refractivity contribution in [2.45, 2.75) is 36.9 Å². The lowest BCUT2D eigenvalue weighted by molar-refractivity contribution is -0.231. The number of aromatic nitrogens is 1. The summed E-state index contributed by atoms with van der Waals surface area (Å²) >= 11 is 0. The van der Waals surface area contributed by atoms with Gasteiger partial charge in [0.1, 0.15) is 48.6 Å². The molecule has 2 aliphatic heterocycles. The normalized spacial score (nSPS) is 26.3. The number of benzene rings is 2. The fourth-order valence-electron chi connectivity index (χ4n) is 4.27. The average Bonchev–Trinajstić information content (AvgIpc) is 3.37. The highest BCUT2D eigenvalue weighted by molar-refractivity contribution is 5.60. The summed E-state index contributed by atoms with van der Waals surface area (Å²) in [5.41, 5.74) is 3.24. The molecule has 3 heterocycles. The van der Waals surface area contributed by atoms with Crippen molar-refractivity contribution in [1.82, 2.24) is 4.98 Å². The van der Waals surface area contributed by atoms with Crippen LogP contribution in [0.2, 0.25) is 0 Å². The minimum Gasteiger partial charge on any atom is -0.490 e. The maximum absolute atomic E-state index is 10.6. The van der Waals surface area contributed by atoms with Gasteiger partial charge in [0.2, 0.25) is 0 Å². The molecular formula is C24H26N2O8. The van der Waals surface area contributed by atoms with Crippen molar-refractivity contribution < 1.29 is 39.1 Å². The Morgan fingerprint density at radius 3 is 2.74 bits per heavy atom. The molecule has 0 spiro atoms. The second-order valence-electron chi connectivity index (χ2n) is 8.33. The van der Waals surface area contributed by atoms with Gasteiger partial charge in [0.05, 0.1) is 12.3 Å². The number of hydrogen-bond acceptors (Lipinski definition) is 10. The third-order valence-electron chi connectivity index (χ3n) is 6.04. The maximum Gasteiger partial charge on any atom is 0.258 e. The molecule has 0 radical (unpaired) electrons. The van der Waals surface area contributed by atoms with Gasteiger partial charge in [-0.15, -0.1) is 0 Å². The molecule has 1 aromatic heterocycles. The van der Waals surface area contributed by atoms with Crippen LogP contribution in [0.5, 0.6) is 17.4 Å². The molecule has 0 bridgehead atoms. The van der Waals surface area contributed by atoms with Gasteiger partial charge in [0, 0.05) is 13.0 Å². The Labute approximate surface area is 195 Å². The quantitative estimate of drug-likeness (QED) is 0.358. The van der Waals surface area contributed by atoms with Gasteiger partial charge in [0.25, 0.3) is 5.88 Å². The molecule has 5 rings (SSSR count). The highest BCUT2D eigenvalue weighted by atomic mass is 16.5. The van der Waals surface area contributed by atoms with E-state index in [1.165, 1.54) is 12.7 Å². The number of aliphatic hydroxyl groups excluding tert-OH is 4. The number of aliphatic hydroxyl groups is 4. The zero-order valence-electron chi connectivity index (χ0n) is 18.2. The molecule has 180 valence electrons. The lowest BCUT2D eigenvalue weighted by Crippen LogP contribution is -2.55. The number of nitrogens with one attached hydrogen (secondary N) is 1. The molecule has 10 nitrogen and oxygen atoms in total. The predicted molar refractivity (Wildman–Crippen MR) is 119 cm³/mol. The Morgan fingerprint density at radius 2 is 1.94 bits per heavy atom. The molecule has 34 heavy (non-hydrogen) atoms. The minimum atomic E-state index is -1.46. The number of oxazole rings is 1. The Balaban J connectivity index is 1.48. The topological polar surface area (TPSA) is 147 Å². The van der Waals surface area contributed by atoms with E-state index in [4.69, 9.17) is 18.6 Å². The van der Waals surface area contributed by atoms with Crippen molar-refractivity contribution in [2.75, 3.05) is 25.1 Å². The molecule has 0 saturated carbocycles. The minimum absolute atomic E-state index is 0.294. The second-order valence-corrected chi connectivity index (χ2v) is 8.33. The van der Waals surface area contributed by atoms with Crippen LogP contribution in [-0.4, -0.2) is 69.6 Å². The highest BCUT2D eigenvalue weighted by Gasteiger charge is 2.44. The van der Waals surface area contributed by atoms with Gasteiger partial charge in [-0.25, -0.2) is 0 Å².